The predicted molar refractivity (Wildman–Crippen MR) is 149 cm³/mol. The molecular weight excluding hydrogens is 552 g/mol. The minimum atomic E-state index is -0.870. The molecule has 0 bridgehead atoms. The number of allylic oxidation sites excluding steroid dienone is 2. The lowest BCUT2D eigenvalue weighted by Gasteiger charge is -2.11. The lowest BCUT2D eigenvalue weighted by molar-refractivity contribution is -0.385. The molecular formula is C29H28N2O11. The maximum Gasteiger partial charge on any atom is 0.508 e. The van der Waals surface area contributed by atoms with Crippen LogP contribution < -0.4 is 0 Å². The molecule has 2 aromatic rings. The third kappa shape index (κ3) is 11.3. The normalized spacial score (nSPS) is 12.3. The lowest BCUT2D eigenvalue weighted by Crippen LogP contribution is -2.14. The van der Waals surface area contributed by atoms with Crippen LogP contribution in [0.3, 0.4) is 0 Å². The Morgan fingerprint density at radius 2 is 1.36 bits per heavy atom. The first-order valence-corrected chi connectivity index (χ1v) is 12.6. The molecule has 220 valence electrons. The summed E-state index contributed by atoms with van der Waals surface area (Å²) in [4.78, 5) is 56.6. The third-order valence-electron chi connectivity index (χ3n) is 5.14. The first kappa shape index (κ1) is 32.7. The molecule has 0 aliphatic heterocycles. The zero-order valence-electron chi connectivity index (χ0n) is 23.0. The van der Waals surface area contributed by atoms with Crippen molar-refractivity contribution in [2.45, 2.75) is 39.4 Å². The van der Waals surface area contributed by atoms with Gasteiger partial charge in [0, 0.05) is 29.8 Å². The predicted octanol–water partition coefficient (Wildman–Crippen LogP) is 5.34. The molecule has 42 heavy (non-hydrogen) atoms. The van der Waals surface area contributed by atoms with Crippen LogP contribution >= 0.6 is 0 Å². The molecule has 2 unspecified atom stereocenters. The van der Waals surface area contributed by atoms with Crippen LogP contribution in [0.2, 0.25) is 0 Å². The van der Waals surface area contributed by atoms with E-state index in [1.807, 2.05) is 0 Å². The first-order chi connectivity index (χ1) is 20.0. The van der Waals surface area contributed by atoms with E-state index in [0.717, 1.165) is 0 Å². The van der Waals surface area contributed by atoms with Crippen molar-refractivity contribution in [2.24, 2.45) is 0 Å². The highest BCUT2D eigenvalue weighted by molar-refractivity contribution is 5.90. The van der Waals surface area contributed by atoms with Crippen LogP contribution in [-0.2, 0) is 18.9 Å². The van der Waals surface area contributed by atoms with Gasteiger partial charge in [0.25, 0.3) is 11.4 Å². The Kier molecular flexibility index (Phi) is 12.9. The number of hydrogen-bond donors (Lipinski definition) is 0. The molecule has 0 aromatic heterocycles. The van der Waals surface area contributed by atoms with Crippen LogP contribution in [-0.4, -0.2) is 53.4 Å². The van der Waals surface area contributed by atoms with Crippen LogP contribution in [0.4, 0.5) is 16.2 Å². The van der Waals surface area contributed by atoms with Gasteiger partial charge in [0.05, 0.1) is 27.6 Å². The molecule has 2 atom stereocenters. The van der Waals surface area contributed by atoms with Crippen molar-refractivity contribution in [3.05, 3.63) is 104 Å². The highest BCUT2D eigenvalue weighted by atomic mass is 16.7. The number of ether oxygens (including phenoxy) is 4. The number of carbonyl (C=O) groups is 3. The van der Waals surface area contributed by atoms with Gasteiger partial charge in [-0.3, -0.25) is 20.2 Å². The molecule has 0 amide bonds. The van der Waals surface area contributed by atoms with E-state index in [-0.39, 0.29) is 42.1 Å². The van der Waals surface area contributed by atoms with E-state index in [9.17, 15) is 34.6 Å². The van der Waals surface area contributed by atoms with Crippen LogP contribution in [0.5, 0.6) is 0 Å². The van der Waals surface area contributed by atoms with Gasteiger partial charge in [0.1, 0.15) is 12.7 Å². The SMILES string of the molecule is CCOC(=O)OC/C=C/C/C(C#CC(C)OC(=O)c1ccc([N+](=O)[O-])cc1)=C\C(C)OC(=O)c1ccc([N+](=O)[O-])cc1. The smallest absolute Gasteiger partial charge is 0.455 e. The second kappa shape index (κ2) is 16.6. The summed E-state index contributed by atoms with van der Waals surface area (Å²) in [5.74, 6) is 4.23. The van der Waals surface area contributed by atoms with E-state index in [2.05, 4.69) is 16.6 Å². The van der Waals surface area contributed by atoms with Gasteiger partial charge in [0.2, 0.25) is 0 Å². The number of nitro groups is 2. The summed E-state index contributed by atoms with van der Waals surface area (Å²) >= 11 is 0. The highest BCUT2D eigenvalue weighted by Crippen LogP contribution is 2.15. The summed E-state index contributed by atoms with van der Waals surface area (Å²) in [5.41, 5.74) is 0.375. The summed E-state index contributed by atoms with van der Waals surface area (Å²) in [5, 5.41) is 21.6. The number of benzene rings is 2. The van der Waals surface area contributed by atoms with Gasteiger partial charge in [-0.15, -0.1) is 0 Å². The van der Waals surface area contributed by atoms with Crippen molar-refractivity contribution >= 4 is 29.5 Å². The number of esters is 2. The molecule has 0 aliphatic rings. The van der Waals surface area contributed by atoms with Gasteiger partial charge in [-0.2, -0.15) is 0 Å². The average molecular weight is 581 g/mol. The zero-order chi connectivity index (χ0) is 31.1. The molecule has 2 aromatic carbocycles. The molecule has 0 spiro atoms. The molecule has 0 N–H and O–H groups in total. The molecule has 2 rings (SSSR count). The molecule has 0 saturated carbocycles. The Morgan fingerprint density at radius 1 is 0.833 bits per heavy atom. The number of carbonyl (C=O) groups excluding carboxylic acids is 3. The standard InChI is InChI=1S/C29H28N2O11/c1-4-39-29(34)40-18-6-5-7-22(19-21(3)42-28(33)24-12-16-26(17-13-24)31(37)38)9-8-20(2)41-27(32)23-10-14-25(15-11-23)30(35)36/h5-6,10-17,19-21H,4,7,18H2,1-3H3/b6-5+,22-19+. The number of non-ortho nitro benzene ring substituents is 2. The van der Waals surface area contributed by atoms with E-state index in [4.69, 9.17) is 14.2 Å². The number of nitrogens with zero attached hydrogens (tertiary/aromatic N) is 2. The first-order valence-electron chi connectivity index (χ1n) is 12.6. The summed E-state index contributed by atoms with van der Waals surface area (Å²) in [6.45, 7) is 4.90. The van der Waals surface area contributed by atoms with Gasteiger partial charge >= 0.3 is 18.1 Å². The van der Waals surface area contributed by atoms with Crippen LogP contribution in [0.15, 0.2) is 72.3 Å². The summed E-state index contributed by atoms with van der Waals surface area (Å²) < 4.78 is 20.3. The number of nitro benzene ring substituents is 2. The second-order valence-corrected chi connectivity index (χ2v) is 8.40. The van der Waals surface area contributed by atoms with Crippen molar-refractivity contribution in [3.63, 3.8) is 0 Å². The minimum Gasteiger partial charge on any atom is -0.455 e. The quantitative estimate of drug-likeness (QED) is 0.0791. The Bertz CT molecular complexity index is 1400. The Hall–Kier alpha value is -5.51. The molecule has 0 aliphatic carbocycles. The minimum absolute atomic E-state index is 0.0481. The topological polar surface area (TPSA) is 174 Å². The van der Waals surface area contributed by atoms with E-state index in [0.29, 0.717) is 5.57 Å². The van der Waals surface area contributed by atoms with E-state index in [1.54, 1.807) is 32.1 Å². The number of rotatable bonds is 12. The second-order valence-electron chi connectivity index (χ2n) is 8.40. The van der Waals surface area contributed by atoms with Crippen molar-refractivity contribution in [3.8, 4) is 11.8 Å². The largest absolute Gasteiger partial charge is 0.508 e. The maximum atomic E-state index is 12.5. The molecule has 0 radical (unpaired) electrons. The highest BCUT2D eigenvalue weighted by Gasteiger charge is 2.15. The van der Waals surface area contributed by atoms with Gasteiger partial charge in [-0.1, -0.05) is 24.0 Å². The Balaban J connectivity index is 2.12. The van der Waals surface area contributed by atoms with Crippen molar-refractivity contribution in [1.82, 2.24) is 0 Å². The summed E-state index contributed by atoms with van der Waals surface area (Å²) in [7, 11) is 0. The maximum absolute atomic E-state index is 12.5. The van der Waals surface area contributed by atoms with Crippen LogP contribution in [0.1, 0.15) is 47.9 Å². The van der Waals surface area contributed by atoms with Gasteiger partial charge in [0.15, 0.2) is 6.10 Å². The molecule has 0 saturated heterocycles. The zero-order valence-corrected chi connectivity index (χ0v) is 23.0. The van der Waals surface area contributed by atoms with E-state index >= 15 is 0 Å². The van der Waals surface area contributed by atoms with Gasteiger partial charge in [-0.25, -0.2) is 14.4 Å². The molecule has 13 nitrogen and oxygen atoms in total. The van der Waals surface area contributed by atoms with Crippen molar-refractivity contribution in [1.29, 1.82) is 0 Å². The molecule has 0 fully saturated rings. The molecule has 13 heteroatoms. The summed E-state index contributed by atoms with van der Waals surface area (Å²) in [6, 6.07) is 9.87. The van der Waals surface area contributed by atoms with Crippen molar-refractivity contribution < 1.29 is 43.2 Å². The van der Waals surface area contributed by atoms with Crippen molar-refractivity contribution in [2.75, 3.05) is 13.2 Å². The van der Waals surface area contributed by atoms with Gasteiger partial charge in [-0.05, 0) is 57.5 Å². The lowest BCUT2D eigenvalue weighted by atomic mass is 10.1. The number of hydrogen-bond acceptors (Lipinski definition) is 11. The van der Waals surface area contributed by atoms with Crippen LogP contribution in [0.25, 0.3) is 0 Å². The van der Waals surface area contributed by atoms with Crippen LogP contribution in [0, 0.1) is 32.1 Å². The monoisotopic (exact) mass is 580 g/mol. The van der Waals surface area contributed by atoms with Gasteiger partial charge < -0.3 is 18.9 Å². The van der Waals surface area contributed by atoms with E-state index < -0.39 is 40.1 Å². The third-order valence-corrected chi connectivity index (χ3v) is 5.14. The average Bonchev–Trinajstić information content (AvgIpc) is 2.95. The fraction of sp³-hybridized carbons (Fsp3) is 0.276. The fourth-order valence-corrected chi connectivity index (χ4v) is 3.16. The van der Waals surface area contributed by atoms with E-state index in [1.165, 1.54) is 55.5 Å². The fourth-order valence-electron chi connectivity index (χ4n) is 3.16. The Morgan fingerprint density at radius 3 is 1.86 bits per heavy atom. The molecule has 0 heterocycles. The Labute approximate surface area is 241 Å². The summed E-state index contributed by atoms with van der Waals surface area (Å²) in [6.07, 6.45) is 2.59.